The molecule has 0 radical (unpaired) electrons. The minimum absolute atomic E-state index is 0.340. The molecule has 2 aromatic heterocycles. The highest BCUT2D eigenvalue weighted by molar-refractivity contribution is 5.69. The summed E-state index contributed by atoms with van der Waals surface area (Å²) in [5.74, 6) is -0.532. The van der Waals surface area contributed by atoms with E-state index in [4.69, 9.17) is 0 Å². The number of hydrogen-bond donors (Lipinski definition) is 0. The summed E-state index contributed by atoms with van der Waals surface area (Å²) in [5, 5.41) is 0. The van der Waals surface area contributed by atoms with Crippen LogP contribution < -0.4 is 0 Å². The molecule has 5 heteroatoms. The third-order valence-corrected chi connectivity index (χ3v) is 1.46. The molecule has 2 aromatic rings. The molecule has 0 atom stereocenters. The molecule has 0 aliphatic heterocycles. The van der Waals surface area contributed by atoms with Crippen molar-refractivity contribution in [1.29, 1.82) is 0 Å². The summed E-state index contributed by atoms with van der Waals surface area (Å²) in [5.41, 5.74) is 0.729. The van der Waals surface area contributed by atoms with Crippen molar-refractivity contribution in [3.63, 3.8) is 0 Å². The molecule has 0 saturated carbocycles. The molecule has 0 spiro atoms. The fraction of sp³-hybridized carbons (Fsp3) is 0.167. The van der Waals surface area contributed by atoms with Crippen molar-refractivity contribution in [2.45, 2.75) is 0 Å². The Morgan fingerprint density at radius 1 is 1.36 bits per heavy atom. The SMILES string of the molecule is Cn1cnc2ncnc(F)c21. The highest BCUT2D eigenvalue weighted by Crippen LogP contribution is 2.09. The van der Waals surface area contributed by atoms with E-state index in [9.17, 15) is 4.39 Å². The standard InChI is InChI=1S/C6H5FN4/c1-11-3-10-6-4(11)5(7)8-2-9-6/h2-3H,1H3. The molecular weight excluding hydrogens is 147 g/mol. The van der Waals surface area contributed by atoms with E-state index in [1.165, 1.54) is 6.33 Å². The van der Waals surface area contributed by atoms with Gasteiger partial charge in [-0.1, -0.05) is 0 Å². The van der Waals surface area contributed by atoms with Gasteiger partial charge in [0.15, 0.2) is 5.65 Å². The largest absolute Gasteiger partial charge is 0.329 e. The first-order chi connectivity index (χ1) is 5.29. The smallest absolute Gasteiger partial charge is 0.242 e. The second kappa shape index (κ2) is 1.98. The predicted molar refractivity (Wildman–Crippen MR) is 36.3 cm³/mol. The molecule has 0 unspecified atom stereocenters. The van der Waals surface area contributed by atoms with Gasteiger partial charge in [0.1, 0.15) is 11.8 Å². The van der Waals surface area contributed by atoms with Gasteiger partial charge in [-0.2, -0.15) is 4.39 Å². The van der Waals surface area contributed by atoms with Gasteiger partial charge in [0, 0.05) is 7.05 Å². The first-order valence-corrected chi connectivity index (χ1v) is 3.06. The summed E-state index contributed by atoms with van der Waals surface area (Å²) in [6.07, 6.45) is 2.66. The second-order valence-electron chi connectivity index (χ2n) is 2.19. The van der Waals surface area contributed by atoms with Crippen LogP contribution in [0.15, 0.2) is 12.7 Å². The lowest BCUT2D eigenvalue weighted by atomic mass is 10.5. The quantitative estimate of drug-likeness (QED) is 0.516. The molecule has 0 N–H and O–H groups in total. The zero-order valence-electron chi connectivity index (χ0n) is 5.82. The van der Waals surface area contributed by atoms with E-state index < -0.39 is 5.95 Å². The van der Waals surface area contributed by atoms with Crippen molar-refractivity contribution >= 4 is 11.2 Å². The maximum atomic E-state index is 12.9. The van der Waals surface area contributed by atoms with Crippen molar-refractivity contribution < 1.29 is 4.39 Å². The van der Waals surface area contributed by atoms with Crippen molar-refractivity contribution in [3.8, 4) is 0 Å². The maximum Gasteiger partial charge on any atom is 0.242 e. The zero-order chi connectivity index (χ0) is 7.84. The Morgan fingerprint density at radius 3 is 2.91 bits per heavy atom. The third kappa shape index (κ3) is 0.772. The molecule has 2 rings (SSSR count). The molecule has 11 heavy (non-hydrogen) atoms. The van der Waals surface area contributed by atoms with Crippen molar-refractivity contribution in [1.82, 2.24) is 19.5 Å². The van der Waals surface area contributed by atoms with Crippen LogP contribution in [0.2, 0.25) is 0 Å². The summed E-state index contributed by atoms with van der Waals surface area (Å²) in [6, 6.07) is 0. The molecule has 56 valence electrons. The van der Waals surface area contributed by atoms with Gasteiger partial charge in [-0.3, -0.25) is 0 Å². The van der Waals surface area contributed by atoms with Crippen molar-refractivity contribution in [3.05, 3.63) is 18.6 Å². The fourth-order valence-electron chi connectivity index (χ4n) is 0.946. The number of nitrogens with zero attached hydrogens (tertiary/aromatic N) is 4. The van der Waals surface area contributed by atoms with Gasteiger partial charge in [0.25, 0.3) is 0 Å². The van der Waals surface area contributed by atoms with Gasteiger partial charge in [-0.25, -0.2) is 15.0 Å². The molecule has 0 bridgehead atoms. The van der Waals surface area contributed by atoms with E-state index in [1.807, 2.05) is 0 Å². The molecule has 0 aliphatic rings. The van der Waals surface area contributed by atoms with Crippen LogP contribution in [0.25, 0.3) is 11.2 Å². The third-order valence-electron chi connectivity index (χ3n) is 1.46. The van der Waals surface area contributed by atoms with E-state index in [-0.39, 0.29) is 0 Å². The van der Waals surface area contributed by atoms with Crippen molar-refractivity contribution in [2.75, 3.05) is 0 Å². The normalized spacial score (nSPS) is 10.7. The molecular formula is C6H5FN4. The number of hydrogen-bond acceptors (Lipinski definition) is 3. The predicted octanol–water partition coefficient (Wildman–Crippen LogP) is 0.502. The van der Waals surface area contributed by atoms with E-state index >= 15 is 0 Å². The van der Waals surface area contributed by atoms with Crippen LogP contribution in [0.4, 0.5) is 4.39 Å². The first kappa shape index (κ1) is 6.21. The van der Waals surface area contributed by atoms with Crippen LogP contribution in [0.5, 0.6) is 0 Å². The van der Waals surface area contributed by atoms with Gasteiger partial charge in [0.05, 0.1) is 6.33 Å². The van der Waals surface area contributed by atoms with Gasteiger partial charge in [-0.15, -0.1) is 0 Å². The zero-order valence-corrected chi connectivity index (χ0v) is 5.82. The molecule has 0 saturated heterocycles. The van der Waals surface area contributed by atoms with Gasteiger partial charge < -0.3 is 4.57 Å². The Balaban J connectivity index is 2.96. The Bertz CT molecular complexity index is 394. The lowest BCUT2D eigenvalue weighted by molar-refractivity contribution is 0.586. The van der Waals surface area contributed by atoms with Crippen LogP contribution in [-0.4, -0.2) is 19.5 Å². The lowest BCUT2D eigenvalue weighted by Crippen LogP contribution is -1.92. The second-order valence-corrected chi connectivity index (χ2v) is 2.19. The Morgan fingerprint density at radius 2 is 2.18 bits per heavy atom. The molecule has 0 aromatic carbocycles. The number of fused-ring (bicyclic) bond motifs is 1. The summed E-state index contributed by atoms with van der Waals surface area (Å²) in [4.78, 5) is 11.0. The van der Waals surface area contributed by atoms with Gasteiger partial charge in [-0.05, 0) is 0 Å². The summed E-state index contributed by atoms with van der Waals surface area (Å²) >= 11 is 0. The van der Waals surface area contributed by atoms with Crippen LogP contribution in [0.3, 0.4) is 0 Å². The number of aromatic nitrogens is 4. The molecule has 0 aliphatic carbocycles. The molecule has 0 fully saturated rings. The molecule has 2 heterocycles. The number of halogens is 1. The van der Waals surface area contributed by atoms with Crippen LogP contribution in [0.1, 0.15) is 0 Å². The highest BCUT2D eigenvalue weighted by Gasteiger charge is 2.06. The summed E-state index contributed by atoms with van der Waals surface area (Å²) < 4.78 is 14.4. The summed E-state index contributed by atoms with van der Waals surface area (Å²) in [7, 11) is 1.70. The van der Waals surface area contributed by atoms with E-state index in [0.717, 1.165) is 6.33 Å². The van der Waals surface area contributed by atoms with E-state index in [2.05, 4.69) is 15.0 Å². The number of rotatable bonds is 0. The molecule has 4 nitrogen and oxygen atoms in total. The minimum atomic E-state index is -0.532. The Labute approximate surface area is 61.7 Å². The monoisotopic (exact) mass is 152 g/mol. The highest BCUT2D eigenvalue weighted by atomic mass is 19.1. The summed E-state index contributed by atoms with van der Waals surface area (Å²) in [6.45, 7) is 0. The Hall–Kier alpha value is -1.52. The average Bonchev–Trinajstić information content (AvgIpc) is 2.34. The van der Waals surface area contributed by atoms with Crippen LogP contribution in [-0.2, 0) is 7.05 Å². The van der Waals surface area contributed by atoms with Crippen LogP contribution in [0, 0.1) is 5.95 Å². The first-order valence-electron chi connectivity index (χ1n) is 3.06. The van der Waals surface area contributed by atoms with Crippen molar-refractivity contribution in [2.24, 2.45) is 7.05 Å². The van der Waals surface area contributed by atoms with Gasteiger partial charge in [0.2, 0.25) is 5.95 Å². The number of imidazole rings is 1. The van der Waals surface area contributed by atoms with Crippen LogP contribution >= 0.6 is 0 Å². The fourth-order valence-corrected chi connectivity index (χ4v) is 0.946. The maximum absolute atomic E-state index is 12.9. The molecule has 0 amide bonds. The minimum Gasteiger partial charge on any atom is -0.329 e. The topological polar surface area (TPSA) is 43.6 Å². The van der Waals surface area contributed by atoms with E-state index in [1.54, 1.807) is 11.6 Å². The van der Waals surface area contributed by atoms with E-state index in [0.29, 0.717) is 11.2 Å². The average molecular weight is 152 g/mol. The Kier molecular flexibility index (Phi) is 1.12. The van der Waals surface area contributed by atoms with Gasteiger partial charge >= 0.3 is 0 Å². The number of aryl methyl sites for hydroxylation is 1. The lowest BCUT2D eigenvalue weighted by Gasteiger charge is -1.92.